The lowest BCUT2D eigenvalue weighted by molar-refractivity contribution is 0.00914. The molecule has 0 aliphatic carbocycles. The average Bonchev–Trinajstić information content (AvgIpc) is 2.10. The van der Waals surface area contributed by atoms with Gasteiger partial charge in [0.05, 0.1) is 6.61 Å². The molecule has 80 valence electrons. The predicted molar refractivity (Wildman–Crippen MR) is 49.2 cm³/mol. The van der Waals surface area contributed by atoms with E-state index >= 15 is 0 Å². The van der Waals surface area contributed by atoms with E-state index in [1.165, 1.54) is 0 Å². The Morgan fingerprint density at radius 2 is 1.92 bits per heavy atom. The highest BCUT2D eigenvalue weighted by molar-refractivity contribution is 4.62. The fraction of sp³-hybridized carbons (Fsp3) is 1.00. The molecule has 0 bridgehead atoms. The van der Waals surface area contributed by atoms with Crippen molar-refractivity contribution in [3.05, 3.63) is 0 Å². The summed E-state index contributed by atoms with van der Waals surface area (Å²) in [7, 11) is 0. The van der Waals surface area contributed by atoms with Gasteiger partial charge in [-0.2, -0.15) is 0 Å². The second kappa shape index (κ2) is 8.38. The zero-order valence-electron chi connectivity index (χ0n) is 8.35. The molecule has 1 atom stereocenters. The summed E-state index contributed by atoms with van der Waals surface area (Å²) in [6, 6.07) is 0.207. The first-order valence-electron chi connectivity index (χ1n) is 4.79. The quantitative estimate of drug-likeness (QED) is 0.640. The first-order chi connectivity index (χ1) is 6.20. The van der Waals surface area contributed by atoms with E-state index in [0.717, 1.165) is 19.4 Å². The molecular weight excluding hydrogens is 176 g/mol. The van der Waals surface area contributed by atoms with Crippen LogP contribution in [-0.4, -0.2) is 32.2 Å². The number of halogens is 2. The second-order valence-electron chi connectivity index (χ2n) is 2.99. The molecule has 13 heavy (non-hydrogen) atoms. The van der Waals surface area contributed by atoms with Crippen molar-refractivity contribution in [3.63, 3.8) is 0 Å². The molecule has 0 aliphatic heterocycles. The maximum Gasteiger partial charge on any atom is 0.261 e. The third kappa shape index (κ3) is 8.12. The summed E-state index contributed by atoms with van der Waals surface area (Å²) < 4.78 is 28.2. The van der Waals surface area contributed by atoms with Gasteiger partial charge in [0.15, 0.2) is 0 Å². The van der Waals surface area contributed by atoms with Crippen LogP contribution in [-0.2, 0) is 4.74 Å². The molecule has 0 heterocycles. The third-order valence-electron chi connectivity index (χ3n) is 1.74. The minimum absolute atomic E-state index is 0.207. The molecule has 0 aromatic carbocycles. The van der Waals surface area contributed by atoms with Gasteiger partial charge in [0.25, 0.3) is 6.43 Å². The predicted octanol–water partition coefficient (Wildman–Crippen LogP) is 2.05. The summed E-state index contributed by atoms with van der Waals surface area (Å²) in [4.78, 5) is 0. The lowest BCUT2D eigenvalue weighted by Crippen LogP contribution is -2.33. The smallest absolute Gasteiger partial charge is 0.261 e. The third-order valence-corrected chi connectivity index (χ3v) is 1.74. The first kappa shape index (κ1) is 12.8. The van der Waals surface area contributed by atoms with Gasteiger partial charge in [0, 0.05) is 6.04 Å². The Balaban J connectivity index is 3.36. The van der Waals surface area contributed by atoms with Gasteiger partial charge < -0.3 is 10.1 Å². The zero-order valence-corrected chi connectivity index (χ0v) is 8.35. The van der Waals surface area contributed by atoms with Gasteiger partial charge in [-0.15, -0.1) is 0 Å². The molecule has 0 rings (SSSR count). The first-order valence-corrected chi connectivity index (χ1v) is 4.79. The molecular formula is C9H19F2NO. The number of nitrogens with one attached hydrogen (secondary N) is 1. The van der Waals surface area contributed by atoms with Crippen LogP contribution in [0.5, 0.6) is 0 Å². The van der Waals surface area contributed by atoms with Crippen molar-refractivity contribution >= 4 is 0 Å². The van der Waals surface area contributed by atoms with Crippen molar-refractivity contribution in [2.45, 2.75) is 39.2 Å². The summed E-state index contributed by atoms with van der Waals surface area (Å²) >= 11 is 0. The molecule has 0 aromatic heterocycles. The molecule has 1 N–H and O–H groups in total. The fourth-order valence-electron chi connectivity index (χ4n) is 0.969. The lowest BCUT2D eigenvalue weighted by Gasteiger charge is -2.16. The van der Waals surface area contributed by atoms with Crippen LogP contribution in [0.1, 0.15) is 26.7 Å². The van der Waals surface area contributed by atoms with Crippen molar-refractivity contribution in [1.82, 2.24) is 5.32 Å². The highest BCUT2D eigenvalue weighted by Gasteiger charge is 2.07. The van der Waals surface area contributed by atoms with Crippen molar-refractivity contribution < 1.29 is 13.5 Å². The van der Waals surface area contributed by atoms with Crippen molar-refractivity contribution in [2.75, 3.05) is 19.8 Å². The molecule has 0 radical (unpaired) electrons. The molecule has 1 unspecified atom stereocenters. The second-order valence-corrected chi connectivity index (χ2v) is 2.99. The van der Waals surface area contributed by atoms with Crippen LogP contribution in [0.2, 0.25) is 0 Å². The number of alkyl halides is 2. The number of hydrogen-bond donors (Lipinski definition) is 1. The minimum atomic E-state index is -2.36. The van der Waals surface area contributed by atoms with E-state index in [0.29, 0.717) is 6.61 Å². The molecule has 0 amide bonds. The van der Waals surface area contributed by atoms with E-state index in [9.17, 15) is 8.78 Å². The van der Waals surface area contributed by atoms with Crippen LogP contribution in [0, 0.1) is 0 Å². The topological polar surface area (TPSA) is 21.3 Å². The van der Waals surface area contributed by atoms with Crippen molar-refractivity contribution in [3.8, 4) is 0 Å². The molecule has 0 spiro atoms. The van der Waals surface area contributed by atoms with E-state index in [4.69, 9.17) is 4.74 Å². The SMILES string of the molecule is CCCNC(CC)COCC(F)F. The maximum absolute atomic E-state index is 11.7. The molecule has 0 saturated heterocycles. The summed E-state index contributed by atoms with van der Waals surface area (Å²) in [5.41, 5.74) is 0. The average molecular weight is 195 g/mol. The molecule has 2 nitrogen and oxygen atoms in total. The largest absolute Gasteiger partial charge is 0.374 e. The van der Waals surface area contributed by atoms with Gasteiger partial charge in [-0.3, -0.25) is 0 Å². The highest BCUT2D eigenvalue weighted by Crippen LogP contribution is 1.96. The maximum atomic E-state index is 11.7. The van der Waals surface area contributed by atoms with Crippen LogP contribution in [0.15, 0.2) is 0 Å². The number of rotatable bonds is 8. The van der Waals surface area contributed by atoms with Crippen LogP contribution in [0.4, 0.5) is 8.78 Å². The van der Waals surface area contributed by atoms with Gasteiger partial charge >= 0.3 is 0 Å². The summed E-state index contributed by atoms with van der Waals surface area (Å²) in [5.74, 6) is 0. The zero-order chi connectivity index (χ0) is 10.1. The van der Waals surface area contributed by atoms with E-state index in [1.54, 1.807) is 0 Å². The fourth-order valence-corrected chi connectivity index (χ4v) is 0.969. The molecule has 0 aromatic rings. The van der Waals surface area contributed by atoms with Gasteiger partial charge in [-0.1, -0.05) is 13.8 Å². The van der Waals surface area contributed by atoms with E-state index in [-0.39, 0.29) is 6.04 Å². The Hall–Kier alpha value is -0.220. The van der Waals surface area contributed by atoms with Gasteiger partial charge in [0.1, 0.15) is 6.61 Å². The van der Waals surface area contributed by atoms with E-state index in [2.05, 4.69) is 12.2 Å². The van der Waals surface area contributed by atoms with Gasteiger partial charge in [-0.25, -0.2) is 8.78 Å². The highest BCUT2D eigenvalue weighted by atomic mass is 19.3. The minimum Gasteiger partial charge on any atom is -0.374 e. The van der Waals surface area contributed by atoms with Crippen LogP contribution in [0.3, 0.4) is 0 Å². The van der Waals surface area contributed by atoms with Crippen LogP contribution in [0.25, 0.3) is 0 Å². The number of ether oxygens (including phenoxy) is 1. The lowest BCUT2D eigenvalue weighted by atomic mass is 10.2. The summed E-state index contributed by atoms with van der Waals surface area (Å²) in [6.45, 7) is 4.92. The molecule has 0 saturated carbocycles. The Kier molecular flexibility index (Phi) is 8.24. The molecule has 0 fully saturated rings. The summed E-state index contributed by atoms with van der Waals surface area (Å²) in [5, 5.41) is 3.22. The van der Waals surface area contributed by atoms with Crippen LogP contribution < -0.4 is 5.32 Å². The monoisotopic (exact) mass is 195 g/mol. The van der Waals surface area contributed by atoms with Gasteiger partial charge in [0.2, 0.25) is 0 Å². The Bertz CT molecular complexity index is 112. The molecule has 4 heteroatoms. The summed E-state index contributed by atoms with van der Waals surface area (Å²) in [6.07, 6.45) is -0.405. The van der Waals surface area contributed by atoms with E-state index < -0.39 is 13.0 Å². The van der Waals surface area contributed by atoms with Crippen molar-refractivity contribution in [1.29, 1.82) is 0 Å². The Morgan fingerprint density at radius 3 is 2.38 bits per heavy atom. The van der Waals surface area contributed by atoms with Crippen LogP contribution >= 0.6 is 0 Å². The standard InChI is InChI=1S/C9H19F2NO/c1-3-5-12-8(4-2)6-13-7-9(10)11/h8-9,12H,3-7H2,1-2H3. The van der Waals surface area contributed by atoms with Crippen molar-refractivity contribution in [2.24, 2.45) is 0 Å². The van der Waals surface area contributed by atoms with E-state index in [1.807, 2.05) is 6.92 Å². The molecule has 0 aliphatic rings. The van der Waals surface area contributed by atoms with Gasteiger partial charge in [-0.05, 0) is 19.4 Å². The Labute approximate surface area is 78.7 Å². The normalized spacial score (nSPS) is 13.6. The number of hydrogen-bond acceptors (Lipinski definition) is 2. The Morgan fingerprint density at radius 1 is 1.23 bits per heavy atom.